The van der Waals surface area contributed by atoms with Gasteiger partial charge in [0.25, 0.3) is 0 Å². The molecule has 0 fully saturated rings. The highest BCUT2D eigenvalue weighted by atomic mass is 32.2. The van der Waals surface area contributed by atoms with Crippen LogP contribution < -0.4 is 0 Å². The Labute approximate surface area is 106 Å². The molecule has 0 N–H and O–H groups in total. The first-order valence-corrected chi connectivity index (χ1v) is 8.17. The standard InChI is InChI=1S/C8H14O8S2/c1-3-7(9)15-17(11,12)5-6-18(13,14)16-8(10)4-2/h3-6H2,1-2H3. The fourth-order valence-corrected chi connectivity index (χ4v) is 3.29. The van der Waals surface area contributed by atoms with Crippen molar-refractivity contribution in [2.75, 3.05) is 11.5 Å². The third kappa shape index (κ3) is 7.22. The van der Waals surface area contributed by atoms with E-state index in [4.69, 9.17) is 0 Å². The van der Waals surface area contributed by atoms with Gasteiger partial charge in [-0.25, -0.2) is 0 Å². The van der Waals surface area contributed by atoms with Crippen LogP contribution in [0.25, 0.3) is 0 Å². The molecule has 0 aromatic rings. The fraction of sp³-hybridized carbons (Fsp3) is 0.750. The SMILES string of the molecule is CCC(=O)OS(=O)(=O)CCS(=O)(=O)OC(=O)CC. The van der Waals surface area contributed by atoms with Gasteiger partial charge in [-0.15, -0.1) is 0 Å². The van der Waals surface area contributed by atoms with E-state index in [2.05, 4.69) is 8.37 Å². The van der Waals surface area contributed by atoms with Gasteiger partial charge in [0, 0.05) is 12.8 Å². The van der Waals surface area contributed by atoms with Crippen molar-refractivity contribution in [1.82, 2.24) is 0 Å². The highest BCUT2D eigenvalue weighted by molar-refractivity contribution is 7.90. The van der Waals surface area contributed by atoms with Gasteiger partial charge in [0.05, 0.1) is 0 Å². The molecular formula is C8H14O8S2. The second-order valence-corrected chi connectivity index (χ2v) is 6.52. The van der Waals surface area contributed by atoms with Gasteiger partial charge < -0.3 is 8.37 Å². The van der Waals surface area contributed by atoms with Crippen LogP contribution in [-0.4, -0.2) is 40.3 Å². The Kier molecular flexibility index (Phi) is 6.26. The molecule has 8 nitrogen and oxygen atoms in total. The van der Waals surface area contributed by atoms with Crippen molar-refractivity contribution >= 4 is 32.2 Å². The monoisotopic (exact) mass is 302 g/mol. The molecule has 10 heteroatoms. The summed E-state index contributed by atoms with van der Waals surface area (Å²) in [5, 5.41) is 0. The lowest BCUT2D eigenvalue weighted by Crippen LogP contribution is -2.24. The Bertz CT molecular complexity index is 453. The minimum Gasteiger partial charge on any atom is -0.346 e. The summed E-state index contributed by atoms with van der Waals surface area (Å²) in [4.78, 5) is 21.5. The first-order chi connectivity index (χ1) is 8.12. The lowest BCUT2D eigenvalue weighted by molar-refractivity contribution is -0.134. The van der Waals surface area contributed by atoms with Crippen LogP contribution in [0, 0.1) is 0 Å². The van der Waals surface area contributed by atoms with E-state index in [1.165, 1.54) is 13.8 Å². The Balaban J connectivity index is 4.48. The van der Waals surface area contributed by atoms with E-state index in [0.717, 1.165) is 0 Å². The smallest absolute Gasteiger partial charge is 0.321 e. The summed E-state index contributed by atoms with van der Waals surface area (Å²) in [5.41, 5.74) is 0. The minimum atomic E-state index is -4.29. The van der Waals surface area contributed by atoms with E-state index in [0.29, 0.717) is 0 Å². The summed E-state index contributed by atoms with van der Waals surface area (Å²) in [5.74, 6) is -3.90. The molecule has 0 unspecified atom stereocenters. The van der Waals surface area contributed by atoms with Gasteiger partial charge in [-0.05, 0) is 0 Å². The molecule has 0 bridgehead atoms. The molecule has 0 amide bonds. The molecule has 0 rings (SSSR count). The molecule has 106 valence electrons. The van der Waals surface area contributed by atoms with Crippen LogP contribution in [0.4, 0.5) is 0 Å². The van der Waals surface area contributed by atoms with Crippen molar-refractivity contribution < 1.29 is 34.8 Å². The zero-order valence-electron chi connectivity index (χ0n) is 9.91. The summed E-state index contributed by atoms with van der Waals surface area (Å²) in [7, 11) is -8.58. The fourth-order valence-electron chi connectivity index (χ4n) is 0.689. The Hall–Kier alpha value is -1.16. The molecule has 0 aromatic heterocycles. The lowest BCUT2D eigenvalue weighted by atomic mass is 10.5. The maximum atomic E-state index is 11.2. The second-order valence-electron chi connectivity index (χ2n) is 3.14. The molecule has 0 aliphatic heterocycles. The molecule has 0 spiro atoms. The number of hydrogen-bond acceptors (Lipinski definition) is 8. The van der Waals surface area contributed by atoms with Crippen LogP contribution in [0.5, 0.6) is 0 Å². The van der Waals surface area contributed by atoms with Crippen molar-refractivity contribution in [2.45, 2.75) is 26.7 Å². The number of carbonyl (C=O) groups is 2. The first-order valence-electron chi connectivity index (χ1n) is 5.02. The van der Waals surface area contributed by atoms with E-state index in [-0.39, 0.29) is 12.8 Å². The molecule has 0 aliphatic carbocycles. The average molecular weight is 302 g/mol. The highest BCUT2D eigenvalue weighted by Gasteiger charge is 2.23. The molecule has 0 radical (unpaired) electrons. The number of carbonyl (C=O) groups excluding carboxylic acids is 2. The predicted octanol–water partition coefficient (Wildman–Crippen LogP) is -0.448. The molecule has 0 aliphatic rings. The molecule has 18 heavy (non-hydrogen) atoms. The van der Waals surface area contributed by atoms with Crippen LogP contribution in [0.2, 0.25) is 0 Å². The van der Waals surface area contributed by atoms with Gasteiger partial charge in [0.2, 0.25) is 0 Å². The largest absolute Gasteiger partial charge is 0.346 e. The maximum Gasteiger partial charge on any atom is 0.321 e. The summed E-state index contributed by atoms with van der Waals surface area (Å²) in [6, 6.07) is 0. The normalized spacial score (nSPS) is 11.9. The van der Waals surface area contributed by atoms with Crippen LogP contribution in [0.15, 0.2) is 0 Å². The minimum absolute atomic E-state index is 0.156. The van der Waals surface area contributed by atoms with E-state index < -0.39 is 43.7 Å². The summed E-state index contributed by atoms with van der Waals surface area (Å²) in [6.07, 6.45) is -0.312. The molecule has 0 atom stereocenters. The van der Waals surface area contributed by atoms with Crippen LogP contribution in [0.3, 0.4) is 0 Å². The molecule has 0 aromatic carbocycles. The maximum absolute atomic E-state index is 11.2. The third-order valence-corrected chi connectivity index (χ3v) is 4.15. The van der Waals surface area contributed by atoms with Gasteiger partial charge in [-0.1, -0.05) is 13.8 Å². The van der Waals surface area contributed by atoms with Crippen LogP contribution >= 0.6 is 0 Å². The van der Waals surface area contributed by atoms with Crippen molar-refractivity contribution in [3.05, 3.63) is 0 Å². The molecular weight excluding hydrogens is 288 g/mol. The van der Waals surface area contributed by atoms with E-state index in [1.807, 2.05) is 0 Å². The van der Waals surface area contributed by atoms with E-state index >= 15 is 0 Å². The second kappa shape index (κ2) is 6.69. The van der Waals surface area contributed by atoms with E-state index in [1.54, 1.807) is 0 Å². The zero-order chi connectivity index (χ0) is 14.4. The van der Waals surface area contributed by atoms with Crippen LogP contribution in [0.1, 0.15) is 26.7 Å². The van der Waals surface area contributed by atoms with Crippen molar-refractivity contribution in [2.24, 2.45) is 0 Å². The molecule has 0 heterocycles. The van der Waals surface area contributed by atoms with Gasteiger partial charge in [-0.3, -0.25) is 9.59 Å². The number of hydrogen-bond donors (Lipinski definition) is 0. The molecule has 0 saturated heterocycles. The topological polar surface area (TPSA) is 121 Å². The lowest BCUT2D eigenvalue weighted by Gasteiger charge is -2.05. The first kappa shape index (κ1) is 16.8. The Morgan fingerprint density at radius 3 is 1.28 bits per heavy atom. The number of rotatable bonds is 7. The van der Waals surface area contributed by atoms with Crippen molar-refractivity contribution in [3.63, 3.8) is 0 Å². The zero-order valence-corrected chi connectivity index (χ0v) is 11.5. The highest BCUT2D eigenvalue weighted by Crippen LogP contribution is 2.02. The van der Waals surface area contributed by atoms with Gasteiger partial charge in [-0.2, -0.15) is 16.8 Å². The van der Waals surface area contributed by atoms with Crippen LogP contribution in [-0.2, 0) is 38.2 Å². The summed E-state index contributed by atoms with van der Waals surface area (Å²) in [6.45, 7) is 2.77. The van der Waals surface area contributed by atoms with Crippen molar-refractivity contribution in [3.8, 4) is 0 Å². The summed E-state index contributed by atoms with van der Waals surface area (Å²) >= 11 is 0. The van der Waals surface area contributed by atoms with Gasteiger partial charge in [0.15, 0.2) is 0 Å². The Morgan fingerprint density at radius 2 is 1.06 bits per heavy atom. The Morgan fingerprint density at radius 1 is 0.778 bits per heavy atom. The third-order valence-electron chi connectivity index (χ3n) is 1.60. The quantitative estimate of drug-likeness (QED) is 0.580. The predicted molar refractivity (Wildman–Crippen MR) is 60.3 cm³/mol. The van der Waals surface area contributed by atoms with Gasteiger partial charge >= 0.3 is 32.2 Å². The van der Waals surface area contributed by atoms with Crippen molar-refractivity contribution in [1.29, 1.82) is 0 Å². The average Bonchev–Trinajstić information content (AvgIpc) is 2.25. The van der Waals surface area contributed by atoms with E-state index in [9.17, 15) is 26.4 Å². The summed E-state index contributed by atoms with van der Waals surface area (Å²) < 4.78 is 52.7. The van der Waals surface area contributed by atoms with Gasteiger partial charge in [0.1, 0.15) is 11.5 Å². The molecule has 0 saturated carbocycles.